The Bertz CT molecular complexity index is 1710. The van der Waals surface area contributed by atoms with Crippen LogP contribution in [0.5, 0.6) is 5.75 Å². The third-order valence-corrected chi connectivity index (χ3v) is 7.77. The van der Waals surface area contributed by atoms with Crippen LogP contribution in [0.1, 0.15) is 31.4 Å². The molecule has 10 nitrogen and oxygen atoms in total. The highest BCUT2D eigenvalue weighted by atomic mass is 32.2. The minimum atomic E-state index is -4.46. The minimum Gasteiger partial charge on any atom is -0.508 e. The van der Waals surface area contributed by atoms with E-state index >= 15 is 0 Å². The van der Waals surface area contributed by atoms with Crippen LogP contribution in [0.25, 0.3) is 17.0 Å². The number of hydrogen-bond donors (Lipinski definition) is 3. The van der Waals surface area contributed by atoms with Crippen molar-refractivity contribution in [3.63, 3.8) is 0 Å². The van der Waals surface area contributed by atoms with Gasteiger partial charge in [-0.15, -0.1) is 0 Å². The maximum Gasteiger partial charge on any atom is 0.343 e. The van der Waals surface area contributed by atoms with Gasteiger partial charge in [0, 0.05) is 35.6 Å². The quantitative estimate of drug-likeness (QED) is 0.235. The molecule has 0 saturated heterocycles. The fraction of sp³-hybridized carbons (Fsp3) is 0.250. The van der Waals surface area contributed by atoms with Crippen molar-refractivity contribution in [3.05, 3.63) is 70.1 Å². The van der Waals surface area contributed by atoms with Gasteiger partial charge in [-0.1, -0.05) is 0 Å². The van der Waals surface area contributed by atoms with Crippen LogP contribution in [0.2, 0.25) is 0 Å². The molecule has 0 atom stereocenters. The van der Waals surface area contributed by atoms with Crippen LogP contribution in [-0.4, -0.2) is 53.6 Å². The van der Waals surface area contributed by atoms with Gasteiger partial charge < -0.3 is 9.52 Å². The van der Waals surface area contributed by atoms with Crippen LogP contribution in [0.15, 0.2) is 62.6 Å². The number of phenols is 1. The number of rotatable bonds is 7. The maximum atomic E-state index is 12.5. The molecule has 0 amide bonds. The molecule has 12 heteroatoms. The fourth-order valence-corrected chi connectivity index (χ4v) is 5.36. The summed E-state index contributed by atoms with van der Waals surface area (Å²) in [6.45, 7) is 3.83. The Morgan fingerprint density at radius 2 is 1.72 bits per heavy atom. The van der Waals surface area contributed by atoms with Crippen molar-refractivity contribution < 1.29 is 40.0 Å². The van der Waals surface area contributed by atoms with Crippen molar-refractivity contribution in [2.45, 2.75) is 30.6 Å². The monoisotopic (exact) mass is 534 g/mol. The first-order chi connectivity index (χ1) is 16.7. The molecule has 0 saturated carbocycles. The van der Waals surface area contributed by atoms with E-state index in [0.717, 1.165) is 0 Å². The van der Waals surface area contributed by atoms with Crippen LogP contribution in [-0.2, 0) is 25.7 Å². The second-order valence-electron chi connectivity index (χ2n) is 9.00. The predicted octanol–water partition coefficient (Wildman–Crippen LogP) is 3.11. The highest BCUT2D eigenvalue weighted by molar-refractivity contribution is 7.86. The van der Waals surface area contributed by atoms with E-state index in [-0.39, 0.29) is 34.8 Å². The lowest BCUT2D eigenvalue weighted by Crippen LogP contribution is -2.28. The van der Waals surface area contributed by atoms with Crippen molar-refractivity contribution in [1.29, 1.82) is 0 Å². The van der Waals surface area contributed by atoms with Crippen molar-refractivity contribution in [2.24, 2.45) is 0 Å². The highest BCUT2D eigenvalue weighted by Gasteiger charge is 2.44. The Kier molecular flexibility index (Phi) is 6.41. The molecule has 1 aliphatic rings. The van der Waals surface area contributed by atoms with E-state index in [1.807, 2.05) is 13.8 Å². The summed E-state index contributed by atoms with van der Waals surface area (Å²) < 4.78 is 71.7. The van der Waals surface area contributed by atoms with Crippen molar-refractivity contribution in [2.75, 3.05) is 12.3 Å². The average molecular weight is 535 g/mol. The number of phenolic OH excluding ortho intramolecular Hbond substituents is 1. The Morgan fingerprint density at radius 1 is 1.00 bits per heavy atom. The Labute approximate surface area is 207 Å². The maximum absolute atomic E-state index is 12.5. The van der Waals surface area contributed by atoms with Crippen LogP contribution in [0.3, 0.4) is 0 Å². The molecule has 4 rings (SSSR count). The average Bonchev–Trinajstić information content (AvgIpc) is 2.97. The summed E-state index contributed by atoms with van der Waals surface area (Å²) >= 11 is 0. The van der Waals surface area contributed by atoms with Gasteiger partial charge in [-0.3, -0.25) is 9.11 Å². The first-order valence-electron chi connectivity index (χ1n) is 10.8. The first-order valence-corrected chi connectivity index (χ1v) is 13.9. The zero-order chi connectivity index (χ0) is 26.5. The molecule has 3 aromatic rings. The SMILES string of the molecule is CC1(C)C(/C=C/c2cc3ccc(O)cc3oc2=O)=[N+](CCCS(=O)(=O)O)c2ccc(S(=O)(=O)O)cc21. The van der Waals surface area contributed by atoms with E-state index in [1.165, 1.54) is 30.3 Å². The molecule has 0 fully saturated rings. The fourth-order valence-electron chi connectivity index (χ4n) is 4.36. The van der Waals surface area contributed by atoms with Gasteiger partial charge in [0.15, 0.2) is 5.71 Å². The largest absolute Gasteiger partial charge is 0.508 e. The topological polar surface area (TPSA) is 162 Å². The molecule has 2 aromatic carbocycles. The van der Waals surface area contributed by atoms with Crippen LogP contribution in [0, 0.1) is 0 Å². The molecule has 0 spiro atoms. The van der Waals surface area contributed by atoms with Gasteiger partial charge in [-0.05, 0) is 50.3 Å². The van der Waals surface area contributed by atoms with Crippen LogP contribution < -0.4 is 5.63 Å². The molecule has 0 aliphatic carbocycles. The summed E-state index contributed by atoms with van der Waals surface area (Å²) in [4.78, 5) is 12.3. The van der Waals surface area contributed by atoms with E-state index in [1.54, 1.807) is 28.9 Å². The summed E-state index contributed by atoms with van der Waals surface area (Å²) in [5, 5.41) is 10.2. The van der Waals surface area contributed by atoms with E-state index in [2.05, 4.69) is 0 Å². The lowest BCUT2D eigenvalue weighted by atomic mass is 9.81. The Morgan fingerprint density at radius 3 is 2.39 bits per heavy atom. The number of hydrogen-bond acceptors (Lipinski definition) is 7. The summed E-state index contributed by atoms with van der Waals surface area (Å²) in [5.74, 6) is -0.514. The van der Waals surface area contributed by atoms with Crippen molar-refractivity contribution in [3.8, 4) is 5.75 Å². The first kappa shape index (κ1) is 25.8. The molecule has 3 N–H and O–H groups in total. The van der Waals surface area contributed by atoms with Gasteiger partial charge in [0.2, 0.25) is 5.69 Å². The van der Waals surface area contributed by atoms with Crippen molar-refractivity contribution in [1.82, 2.24) is 0 Å². The highest BCUT2D eigenvalue weighted by Crippen LogP contribution is 2.41. The number of benzene rings is 2. The molecule has 190 valence electrons. The predicted molar refractivity (Wildman–Crippen MR) is 133 cm³/mol. The van der Waals surface area contributed by atoms with Gasteiger partial charge in [0.25, 0.3) is 20.2 Å². The molecule has 2 heterocycles. The van der Waals surface area contributed by atoms with Crippen molar-refractivity contribution >= 4 is 48.7 Å². The van der Waals surface area contributed by atoms with E-state index < -0.39 is 37.0 Å². The lowest BCUT2D eigenvalue weighted by Gasteiger charge is -2.16. The Balaban J connectivity index is 1.82. The molecule has 1 aliphatic heterocycles. The summed E-state index contributed by atoms with van der Waals surface area (Å²) in [5.41, 5.74) is 0.823. The van der Waals surface area contributed by atoms with Gasteiger partial charge in [-0.25, -0.2) is 4.79 Å². The normalized spacial score (nSPS) is 15.7. The van der Waals surface area contributed by atoms with E-state index in [4.69, 9.17) is 8.97 Å². The number of aromatic hydroxyl groups is 1. The molecular weight excluding hydrogens is 510 g/mol. The Hall–Kier alpha value is -3.32. The van der Waals surface area contributed by atoms with Gasteiger partial charge >= 0.3 is 5.63 Å². The number of allylic oxidation sites excluding steroid dienone is 1. The molecule has 1 aromatic heterocycles. The smallest absolute Gasteiger partial charge is 0.343 e. The van der Waals surface area contributed by atoms with Gasteiger partial charge in [0.1, 0.15) is 17.9 Å². The number of nitrogens with zero attached hydrogens (tertiary/aromatic N) is 1. The van der Waals surface area contributed by atoms with E-state index in [9.17, 15) is 31.3 Å². The summed E-state index contributed by atoms with van der Waals surface area (Å²) in [7, 11) is -8.65. The van der Waals surface area contributed by atoms with Gasteiger partial charge in [-0.2, -0.15) is 21.4 Å². The number of fused-ring (bicyclic) bond motifs is 2. The standard InChI is InChI=1S/C24H23NO9S2/c1-24(2)19-14-18(36(31,32)33)7-8-20(19)25(10-3-11-35(28,29)30)22(24)9-5-16-12-15-4-6-17(26)13-21(15)34-23(16)27/h4-9,12-14H,3,10-11H2,1-2H3,(H2,28,29,30,31,32,33)/p+1. The molecular formula is C24H24NO9S2+. The third kappa shape index (κ3) is 5.12. The zero-order valence-electron chi connectivity index (χ0n) is 19.4. The molecule has 0 radical (unpaired) electrons. The summed E-state index contributed by atoms with van der Waals surface area (Å²) in [6.07, 6.45) is 3.28. The third-order valence-electron chi connectivity index (χ3n) is 6.11. The molecule has 0 unspecified atom stereocenters. The summed E-state index contributed by atoms with van der Waals surface area (Å²) in [6, 6.07) is 10.1. The second-order valence-corrected chi connectivity index (χ2v) is 12.0. The second kappa shape index (κ2) is 8.96. The van der Waals surface area contributed by atoms with Crippen LogP contribution >= 0.6 is 0 Å². The van der Waals surface area contributed by atoms with Crippen LogP contribution in [0.4, 0.5) is 5.69 Å². The lowest BCUT2D eigenvalue weighted by molar-refractivity contribution is -0.437. The zero-order valence-corrected chi connectivity index (χ0v) is 21.0. The molecule has 36 heavy (non-hydrogen) atoms. The van der Waals surface area contributed by atoms with E-state index in [0.29, 0.717) is 22.3 Å². The van der Waals surface area contributed by atoms with Gasteiger partial charge in [0.05, 0.1) is 21.6 Å². The minimum absolute atomic E-state index is 0.0419. The molecule has 0 bridgehead atoms.